The Balaban J connectivity index is 2.70. The highest BCUT2D eigenvalue weighted by molar-refractivity contribution is 7.86. The highest BCUT2D eigenvalue weighted by atomic mass is 32.2. The van der Waals surface area contributed by atoms with Gasteiger partial charge in [-0.15, -0.1) is 0 Å². The Bertz CT molecular complexity index is 565. The second kappa shape index (κ2) is 11.7. The zero-order valence-electron chi connectivity index (χ0n) is 16.3. The Morgan fingerprint density at radius 2 is 1.20 bits per heavy atom. The summed E-state index contributed by atoms with van der Waals surface area (Å²) in [6.07, 6.45) is 11.9. The molecule has 0 aliphatic carbocycles. The van der Waals surface area contributed by atoms with Crippen molar-refractivity contribution in [1.82, 2.24) is 0 Å². The molecule has 0 aliphatic rings. The number of hydrogen-bond acceptors (Lipinski definition) is 2. The number of benzene rings is 1. The van der Waals surface area contributed by atoms with Gasteiger partial charge in [0, 0.05) is 0 Å². The van der Waals surface area contributed by atoms with Crippen molar-refractivity contribution in [3.05, 3.63) is 34.9 Å². The molecule has 3 nitrogen and oxygen atoms in total. The first-order chi connectivity index (χ1) is 11.9. The molecular formula is C21H36O3S. The van der Waals surface area contributed by atoms with Crippen LogP contribution in [0.5, 0.6) is 0 Å². The van der Waals surface area contributed by atoms with E-state index in [0.29, 0.717) is 6.42 Å². The average molecular weight is 369 g/mol. The predicted molar refractivity (Wildman–Crippen MR) is 107 cm³/mol. The van der Waals surface area contributed by atoms with Crippen molar-refractivity contribution in [2.45, 2.75) is 96.7 Å². The summed E-state index contributed by atoms with van der Waals surface area (Å²) in [7, 11) is -3.90. The van der Waals surface area contributed by atoms with E-state index in [9.17, 15) is 8.42 Å². The first-order valence-corrected chi connectivity index (χ1v) is 11.4. The summed E-state index contributed by atoms with van der Waals surface area (Å²) in [4.78, 5) is 0. The number of aryl methyl sites for hydroxylation is 3. The fraction of sp³-hybridized carbons (Fsp3) is 0.714. The van der Waals surface area contributed by atoms with Crippen LogP contribution in [0.3, 0.4) is 0 Å². The summed E-state index contributed by atoms with van der Waals surface area (Å²) in [5.41, 5.74) is 4.14. The lowest BCUT2D eigenvalue weighted by Gasteiger charge is -2.12. The van der Waals surface area contributed by atoms with Crippen LogP contribution in [0.2, 0.25) is 0 Å². The fourth-order valence-electron chi connectivity index (χ4n) is 3.17. The molecule has 1 atom stereocenters. The second-order valence-corrected chi connectivity index (χ2v) is 9.12. The topological polar surface area (TPSA) is 54.4 Å². The largest absolute Gasteiger partial charge is 0.285 e. The van der Waals surface area contributed by atoms with Crippen molar-refractivity contribution in [1.29, 1.82) is 0 Å². The molecule has 1 N–H and O–H groups in total. The quantitative estimate of drug-likeness (QED) is 0.356. The van der Waals surface area contributed by atoms with Gasteiger partial charge in [0.05, 0.1) is 5.25 Å². The van der Waals surface area contributed by atoms with Crippen molar-refractivity contribution >= 4 is 10.1 Å². The van der Waals surface area contributed by atoms with Crippen LogP contribution in [-0.4, -0.2) is 18.2 Å². The lowest BCUT2D eigenvalue weighted by Crippen LogP contribution is -2.16. The summed E-state index contributed by atoms with van der Waals surface area (Å²) in [6.45, 7) is 6.03. The molecule has 0 amide bonds. The number of hydrogen-bond donors (Lipinski definition) is 1. The van der Waals surface area contributed by atoms with Crippen molar-refractivity contribution in [2.75, 3.05) is 0 Å². The Morgan fingerprint density at radius 1 is 0.800 bits per heavy atom. The van der Waals surface area contributed by atoms with Crippen molar-refractivity contribution in [3.63, 3.8) is 0 Å². The molecule has 0 heterocycles. The highest BCUT2D eigenvalue weighted by Crippen LogP contribution is 2.18. The lowest BCUT2D eigenvalue weighted by molar-refractivity contribution is 0.464. The minimum absolute atomic E-state index is 0.504. The molecule has 0 spiro atoms. The van der Waals surface area contributed by atoms with E-state index in [-0.39, 0.29) is 0 Å². The van der Waals surface area contributed by atoms with Gasteiger partial charge in [0.2, 0.25) is 0 Å². The van der Waals surface area contributed by atoms with Gasteiger partial charge in [0.1, 0.15) is 0 Å². The fourth-order valence-corrected chi connectivity index (χ4v) is 3.64. The third kappa shape index (κ3) is 9.41. The number of rotatable bonds is 13. The predicted octanol–water partition coefficient (Wildman–Crippen LogP) is 5.75. The van der Waals surface area contributed by atoms with Gasteiger partial charge in [-0.3, -0.25) is 4.55 Å². The SMILES string of the molecule is CCCCCc1cc(CCCCC)cc(CCCC(C)S(=O)(=O)O)c1. The maximum atomic E-state index is 11.1. The summed E-state index contributed by atoms with van der Waals surface area (Å²) in [5, 5.41) is -0.677. The van der Waals surface area contributed by atoms with Gasteiger partial charge in [-0.1, -0.05) is 57.7 Å². The van der Waals surface area contributed by atoms with Gasteiger partial charge in [0.15, 0.2) is 0 Å². The van der Waals surface area contributed by atoms with E-state index in [1.54, 1.807) is 6.92 Å². The molecule has 0 aliphatic heterocycles. The van der Waals surface area contributed by atoms with Gasteiger partial charge in [-0.05, 0) is 68.6 Å². The summed E-state index contributed by atoms with van der Waals surface area (Å²) >= 11 is 0. The molecule has 0 fully saturated rings. The van der Waals surface area contributed by atoms with Crippen LogP contribution >= 0.6 is 0 Å². The van der Waals surface area contributed by atoms with Crippen LogP contribution in [0.15, 0.2) is 18.2 Å². The van der Waals surface area contributed by atoms with Crippen LogP contribution < -0.4 is 0 Å². The molecule has 25 heavy (non-hydrogen) atoms. The third-order valence-electron chi connectivity index (χ3n) is 4.83. The first kappa shape index (κ1) is 22.2. The minimum atomic E-state index is -3.90. The molecule has 4 heteroatoms. The summed E-state index contributed by atoms with van der Waals surface area (Å²) in [5.74, 6) is 0. The first-order valence-electron chi connectivity index (χ1n) is 9.94. The van der Waals surface area contributed by atoms with Crippen LogP contribution in [0.1, 0.15) is 88.8 Å². The average Bonchev–Trinajstić information content (AvgIpc) is 2.54. The van der Waals surface area contributed by atoms with Gasteiger partial charge < -0.3 is 0 Å². The molecule has 144 valence electrons. The van der Waals surface area contributed by atoms with Crippen molar-refractivity contribution in [3.8, 4) is 0 Å². The molecule has 0 saturated heterocycles. The van der Waals surface area contributed by atoms with Crippen LogP contribution in [-0.2, 0) is 29.4 Å². The van der Waals surface area contributed by atoms with Crippen LogP contribution in [0.25, 0.3) is 0 Å². The van der Waals surface area contributed by atoms with Gasteiger partial charge in [-0.2, -0.15) is 8.42 Å². The van der Waals surface area contributed by atoms with Crippen molar-refractivity contribution < 1.29 is 13.0 Å². The molecular weight excluding hydrogens is 332 g/mol. The zero-order valence-corrected chi connectivity index (χ0v) is 17.1. The van der Waals surface area contributed by atoms with Crippen LogP contribution in [0, 0.1) is 0 Å². The van der Waals surface area contributed by atoms with E-state index < -0.39 is 15.4 Å². The van der Waals surface area contributed by atoms with E-state index in [0.717, 1.165) is 25.7 Å². The van der Waals surface area contributed by atoms with E-state index >= 15 is 0 Å². The molecule has 1 aromatic carbocycles. The Hall–Kier alpha value is -0.870. The number of unbranched alkanes of at least 4 members (excludes halogenated alkanes) is 4. The van der Waals surface area contributed by atoms with Gasteiger partial charge >= 0.3 is 0 Å². The van der Waals surface area contributed by atoms with E-state index in [4.69, 9.17) is 4.55 Å². The normalized spacial score (nSPS) is 13.1. The monoisotopic (exact) mass is 368 g/mol. The third-order valence-corrected chi connectivity index (χ3v) is 6.09. The lowest BCUT2D eigenvalue weighted by atomic mass is 9.96. The smallest absolute Gasteiger partial charge is 0.267 e. The minimum Gasteiger partial charge on any atom is -0.285 e. The molecule has 0 radical (unpaired) electrons. The molecule has 0 saturated carbocycles. The summed E-state index contributed by atoms with van der Waals surface area (Å²) < 4.78 is 31.3. The molecule has 1 aromatic rings. The highest BCUT2D eigenvalue weighted by Gasteiger charge is 2.16. The molecule has 1 rings (SSSR count). The maximum absolute atomic E-state index is 11.1. The van der Waals surface area contributed by atoms with Crippen LogP contribution in [0.4, 0.5) is 0 Å². The Morgan fingerprint density at radius 3 is 1.56 bits per heavy atom. The van der Waals surface area contributed by atoms with Gasteiger partial charge in [0.25, 0.3) is 10.1 Å². The van der Waals surface area contributed by atoms with E-state index in [1.807, 2.05) is 0 Å². The standard InChI is InChI=1S/C21H36O3S/c1-4-6-8-12-19-15-20(13-9-7-5-2)17-21(16-19)14-10-11-18(3)25(22,23)24/h15-18H,4-14H2,1-3H3,(H,22,23,24). The van der Waals surface area contributed by atoms with Crippen molar-refractivity contribution in [2.24, 2.45) is 0 Å². The van der Waals surface area contributed by atoms with Gasteiger partial charge in [-0.25, -0.2) is 0 Å². The molecule has 1 unspecified atom stereocenters. The Kier molecular flexibility index (Phi) is 10.4. The maximum Gasteiger partial charge on any atom is 0.267 e. The van der Waals surface area contributed by atoms with E-state index in [2.05, 4.69) is 32.0 Å². The molecule has 0 bridgehead atoms. The second-order valence-electron chi connectivity index (χ2n) is 7.29. The molecule has 0 aromatic heterocycles. The zero-order chi connectivity index (χ0) is 18.7. The van der Waals surface area contributed by atoms with E-state index in [1.165, 1.54) is 55.2 Å². The Labute approximate surface area is 155 Å². The summed E-state index contributed by atoms with van der Waals surface area (Å²) in [6, 6.07) is 6.93.